The van der Waals surface area contributed by atoms with Gasteiger partial charge in [0.1, 0.15) is 10.3 Å². The van der Waals surface area contributed by atoms with Crippen LogP contribution >= 0.6 is 46.1 Å². The van der Waals surface area contributed by atoms with Crippen molar-refractivity contribution in [1.29, 1.82) is 0 Å². The van der Waals surface area contributed by atoms with E-state index in [2.05, 4.69) is 0 Å². The Kier molecular flexibility index (Phi) is 6.04. The van der Waals surface area contributed by atoms with Crippen molar-refractivity contribution < 1.29 is 13.2 Å². The Morgan fingerprint density at radius 1 is 1.07 bits per heavy atom. The largest absolute Gasteiger partial charge is 0.487 e. The average Bonchev–Trinajstić information content (AvgIpc) is 3.02. The molecule has 0 saturated carbocycles. The highest BCUT2D eigenvalue weighted by molar-refractivity contribution is 7.91. The van der Waals surface area contributed by atoms with E-state index in [0.717, 1.165) is 15.6 Å². The minimum atomic E-state index is -3.58. The van der Waals surface area contributed by atoms with Crippen LogP contribution in [-0.2, 0) is 10.0 Å². The molecular weight excluding hydrogens is 473 g/mol. The molecule has 0 radical (unpaired) electrons. The van der Waals surface area contributed by atoms with Gasteiger partial charge in [-0.25, -0.2) is 8.42 Å². The number of hydrogen-bond donors (Lipinski definition) is 0. The Labute approximate surface area is 189 Å². The molecular formula is C20H18Cl3NO3S2. The first-order chi connectivity index (χ1) is 13.8. The molecule has 1 fully saturated rings. The number of benzene rings is 2. The van der Waals surface area contributed by atoms with Crippen LogP contribution in [0.5, 0.6) is 5.75 Å². The number of fused-ring (bicyclic) bond motifs is 1. The van der Waals surface area contributed by atoms with Gasteiger partial charge in [0.25, 0.3) is 10.0 Å². The predicted octanol–water partition coefficient (Wildman–Crippen LogP) is 6.40. The van der Waals surface area contributed by atoms with Crippen LogP contribution in [0.15, 0.2) is 40.6 Å². The average molecular weight is 491 g/mol. The maximum Gasteiger partial charge on any atom is 0.252 e. The summed E-state index contributed by atoms with van der Waals surface area (Å²) < 4.78 is 35.3. The van der Waals surface area contributed by atoms with E-state index in [-0.39, 0.29) is 6.10 Å². The first-order valence-electron chi connectivity index (χ1n) is 9.07. The molecule has 2 heterocycles. The van der Waals surface area contributed by atoms with Crippen molar-refractivity contribution in [3.63, 3.8) is 0 Å². The summed E-state index contributed by atoms with van der Waals surface area (Å²) in [7, 11) is -3.58. The van der Waals surface area contributed by atoms with Gasteiger partial charge in [0, 0.05) is 22.8 Å². The second-order valence-electron chi connectivity index (χ2n) is 6.93. The van der Waals surface area contributed by atoms with Gasteiger partial charge in [-0.15, -0.1) is 11.3 Å². The van der Waals surface area contributed by atoms with E-state index in [0.29, 0.717) is 51.0 Å². The van der Waals surface area contributed by atoms with Crippen molar-refractivity contribution in [3.05, 3.63) is 57.0 Å². The van der Waals surface area contributed by atoms with Crippen LogP contribution in [0.1, 0.15) is 18.4 Å². The lowest BCUT2D eigenvalue weighted by Gasteiger charge is -2.31. The number of aryl methyl sites for hydroxylation is 1. The van der Waals surface area contributed by atoms with E-state index in [1.807, 2.05) is 19.1 Å². The number of nitrogens with zero attached hydrogens (tertiary/aromatic N) is 1. The molecule has 29 heavy (non-hydrogen) atoms. The van der Waals surface area contributed by atoms with Gasteiger partial charge in [0.15, 0.2) is 5.75 Å². The van der Waals surface area contributed by atoms with Gasteiger partial charge in [0.2, 0.25) is 0 Å². The molecule has 4 rings (SSSR count). The number of halogens is 3. The lowest BCUT2D eigenvalue weighted by molar-refractivity contribution is 0.135. The monoisotopic (exact) mass is 489 g/mol. The third kappa shape index (κ3) is 4.11. The smallest absolute Gasteiger partial charge is 0.252 e. The molecule has 4 nitrogen and oxygen atoms in total. The van der Waals surface area contributed by atoms with Crippen LogP contribution in [0.3, 0.4) is 0 Å². The molecule has 0 bridgehead atoms. The predicted molar refractivity (Wildman–Crippen MR) is 120 cm³/mol. The Balaban J connectivity index is 1.51. The van der Waals surface area contributed by atoms with Crippen LogP contribution < -0.4 is 4.74 Å². The van der Waals surface area contributed by atoms with E-state index >= 15 is 0 Å². The molecule has 0 N–H and O–H groups in total. The van der Waals surface area contributed by atoms with Crippen molar-refractivity contribution in [2.24, 2.45) is 0 Å². The van der Waals surface area contributed by atoms with E-state index in [9.17, 15) is 8.42 Å². The van der Waals surface area contributed by atoms with Crippen molar-refractivity contribution in [3.8, 4) is 5.75 Å². The number of sulfonamides is 1. The number of thiophene rings is 1. The van der Waals surface area contributed by atoms with Crippen molar-refractivity contribution in [1.82, 2.24) is 4.31 Å². The highest BCUT2D eigenvalue weighted by Gasteiger charge is 2.33. The SMILES string of the molecule is Cc1c(S(=O)(=O)N2CCC(Oc3c(Cl)cccc3Cl)CC2)sc2ccc(Cl)cc12. The van der Waals surface area contributed by atoms with Crippen LogP contribution in [0.25, 0.3) is 10.1 Å². The highest BCUT2D eigenvalue weighted by atomic mass is 35.5. The summed E-state index contributed by atoms with van der Waals surface area (Å²) in [6, 6.07) is 10.7. The topological polar surface area (TPSA) is 46.6 Å². The van der Waals surface area contributed by atoms with E-state index in [4.69, 9.17) is 39.5 Å². The van der Waals surface area contributed by atoms with Crippen LogP contribution in [0.2, 0.25) is 15.1 Å². The number of rotatable bonds is 4. The summed E-state index contributed by atoms with van der Waals surface area (Å²) in [6.07, 6.45) is 0.994. The molecule has 1 aliphatic rings. The molecule has 0 aliphatic carbocycles. The molecule has 2 aromatic carbocycles. The molecule has 9 heteroatoms. The zero-order valence-electron chi connectivity index (χ0n) is 15.5. The molecule has 1 saturated heterocycles. The van der Waals surface area contributed by atoms with Crippen LogP contribution in [-0.4, -0.2) is 31.9 Å². The molecule has 0 unspecified atom stereocenters. The van der Waals surface area contributed by atoms with Gasteiger partial charge >= 0.3 is 0 Å². The summed E-state index contributed by atoms with van der Waals surface area (Å²) in [5.74, 6) is 0.453. The lowest BCUT2D eigenvalue weighted by atomic mass is 10.1. The van der Waals surface area contributed by atoms with Crippen LogP contribution in [0.4, 0.5) is 0 Å². The minimum Gasteiger partial charge on any atom is -0.487 e. The zero-order chi connectivity index (χ0) is 20.8. The quantitative estimate of drug-likeness (QED) is 0.425. The summed E-state index contributed by atoms with van der Waals surface area (Å²) in [4.78, 5) is 0. The fourth-order valence-electron chi connectivity index (χ4n) is 3.49. The van der Waals surface area contributed by atoms with Crippen molar-refractivity contribution in [2.45, 2.75) is 30.1 Å². The number of para-hydroxylation sites is 1. The lowest BCUT2D eigenvalue weighted by Crippen LogP contribution is -2.41. The molecule has 0 amide bonds. The van der Waals surface area contributed by atoms with Gasteiger partial charge in [-0.3, -0.25) is 0 Å². The Morgan fingerprint density at radius 2 is 1.72 bits per heavy atom. The highest BCUT2D eigenvalue weighted by Crippen LogP contribution is 2.38. The van der Waals surface area contributed by atoms with Crippen molar-refractivity contribution >= 4 is 66.2 Å². The first kappa shape index (κ1) is 21.2. The van der Waals surface area contributed by atoms with Gasteiger partial charge in [-0.2, -0.15) is 4.31 Å². The van der Waals surface area contributed by atoms with Gasteiger partial charge < -0.3 is 4.74 Å². The Morgan fingerprint density at radius 3 is 2.38 bits per heavy atom. The fraction of sp³-hybridized carbons (Fsp3) is 0.300. The summed E-state index contributed by atoms with van der Waals surface area (Å²) in [5.41, 5.74) is 0.744. The summed E-state index contributed by atoms with van der Waals surface area (Å²) in [6.45, 7) is 2.59. The molecule has 154 valence electrons. The molecule has 0 spiro atoms. The molecule has 3 aromatic rings. The van der Waals surface area contributed by atoms with Crippen molar-refractivity contribution in [2.75, 3.05) is 13.1 Å². The van der Waals surface area contributed by atoms with E-state index < -0.39 is 10.0 Å². The number of ether oxygens (including phenoxy) is 1. The molecule has 1 aromatic heterocycles. The van der Waals surface area contributed by atoms with E-state index in [1.54, 1.807) is 24.3 Å². The normalized spacial score (nSPS) is 16.4. The molecule has 1 aliphatic heterocycles. The van der Waals surface area contributed by atoms with Gasteiger partial charge in [-0.1, -0.05) is 40.9 Å². The third-order valence-corrected chi connectivity index (χ3v) is 9.63. The maximum absolute atomic E-state index is 13.3. The van der Waals surface area contributed by atoms with Gasteiger partial charge in [0.05, 0.1) is 10.0 Å². The second kappa shape index (κ2) is 8.25. The van der Waals surface area contributed by atoms with Crippen LogP contribution in [0, 0.1) is 6.92 Å². The standard InChI is InChI=1S/C20H18Cl3NO3S2/c1-12-15-11-13(21)5-6-18(15)28-20(12)29(25,26)24-9-7-14(8-10-24)27-19-16(22)3-2-4-17(19)23/h2-6,11,14H,7-10H2,1H3. The summed E-state index contributed by atoms with van der Waals surface area (Å²) >= 11 is 19.7. The zero-order valence-corrected chi connectivity index (χ0v) is 19.4. The fourth-order valence-corrected chi connectivity index (χ4v) is 7.50. The Bertz CT molecular complexity index is 1150. The minimum absolute atomic E-state index is 0.138. The first-order valence-corrected chi connectivity index (χ1v) is 12.5. The third-order valence-electron chi connectivity index (χ3n) is 5.03. The van der Waals surface area contributed by atoms with Gasteiger partial charge in [-0.05, 0) is 61.0 Å². The number of hydrogen-bond acceptors (Lipinski definition) is 4. The summed E-state index contributed by atoms with van der Waals surface area (Å²) in [5, 5.41) is 2.38. The maximum atomic E-state index is 13.3. The Hall–Kier alpha value is -1.02. The van der Waals surface area contributed by atoms with E-state index in [1.165, 1.54) is 15.6 Å². The molecule has 0 atom stereocenters. The second-order valence-corrected chi connectivity index (χ2v) is 11.4. The number of piperidine rings is 1.